The lowest BCUT2D eigenvalue weighted by Gasteiger charge is -2.29. The van der Waals surface area contributed by atoms with Crippen molar-refractivity contribution in [1.29, 1.82) is 0 Å². The molecule has 0 radical (unpaired) electrons. The second kappa shape index (κ2) is 7.95. The maximum Gasteiger partial charge on any atom is 0.222 e. The van der Waals surface area contributed by atoms with E-state index in [1.165, 1.54) is 0 Å². The van der Waals surface area contributed by atoms with Crippen LogP contribution < -0.4 is 0 Å². The van der Waals surface area contributed by atoms with Gasteiger partial charge in [-0.15, -0.1) is 0 Å². The number of benzene rings is 1. The van der Waals surface area contributed by atoms with Gasteiger partial charge in [-0.05, 0) is 18.9 Å². The summed E-state index contributed by atoms with van der Waals surface area (Å²) in [6.45, 7) is 4.01. The summed E-state index contributed by atoms with van der Waals surface area (Å²) in [5.74, 6) is 0.107. The summed E-state index contributed by atoms with van der Waals surface area (Å²) in [4.78, 5) is 13.7. The molecule has 106 valence electrons. The number of hydrogen-bond acceptors (Lipinski definition) is 2. The molecule has 1 rings (SSSR count). The zero-order valence-corrected chi connectivity index (χ0v) is 12.2. The van der Waals surface area contributed by atoms with E-state index in [0.29, 0.717) is 6.42 Å². The lowest BCUT2D eigenvalue weighted by atomic mass is 10.0. The van der Waals surface area contributed by atoms with Crippen LogP contribution in [0.3, 0.4) is 0 Å². The molecule has 1 amide bonds. The number of aliphatic hydroxyl groups is 1. The van der Waals surface area contributed by atoms with Crippen molar-refractivity contribution < 1.29 is 9.90 Å². The van der Waals surface area contributed by atoms with Gasteiger partial charge < -0.3 is 10.0 Å². The van der Waals surface area contributed by atoms with Gasteiger partial charge in [0, 0.05) is 13.5 Å². The third kappa shape index (κ3) is 4.67. The van der Waals surface area contributed by atoms with E-state index in [1.54, 1.807) is 11.9 Å². The van der Waals surface area contributed by atoms with E-state index >= 15 is 0 Å². The van der Waals surface area contributed by atoms with E-state index in [9.17, 15) is 9.90 Å². The highest BCUT2D eigenvalue weighted by atomic mass is 16.3. The molecule has 0 heterocycles. The molecule has 0 saturated carbocycles. The van der Waals surface area contributed by atoms with Crippen LogP contribution in [0.1, 0.15) is 51.2 Å². The first-order valence-corrected chi connectivity index (χ1v) is 7.06. The summed E-state index contributed by atoms with van der Waals surface area (Å²) in [5.41, 5.74) is 0.850. The highest BCUT2D eigenvalue weighted by molar-refractivity contribution is 5.76. The SMILES string of the molecule is CCCCCC(=O)N(C)C(C)C(O)c1ccccc1. The van der Waals surface area contributed by atoms with E-state index in [0.717, 1.165) is 24.8 Å². The molecule has 1 N–H and O–H groups in total. The van der Waals surface area contributed by atoms with Gasteiger partial charge >= 0.3 is 0 Å². The number of hydrogen-bond donors (Lipinski definition) is 1. The fraction of sp³-hybridized carbons (Fsp3) is 0.562. The molecule has 3 heteroatoms. The van der Waals surface area contributed by atoms with Crippen LogP contribution in [-0.2, 0) is 4.79 Å². The Balaban J connectivity index is 2.56. The Hall–Kier alpha value is -1.35. The molecule has 2 unspecified atom stereocenters. The third-order valence-corrected chi connectivity index (χ3v) is 3.60. The smallest absolute Gasteiger partial charge is 0.222 e. The number of aliphatic hydroxyl groups excluding tert-OH is 1. The van der Waals surface area contributed by atoms with Crippen molar-refractivity contribution in [3.63, 3.8) is 0 Å². The Morgan fingerprint density at radius 3 is 2.47 bits per heavy atom. The summed E-state index contributed by atoms with van der Waals surface area (Å²) in [6.07, 6.45) is 3.04. The van der Waals surface area contributed by atoms with Crippen LogP contribution in [0.2, 0.25) is 0 Å². The van der Waals surface area contributed by atoms with Crippen LogP contribution in [0, 0.1) is 0 Å². The summed E-state index contributed by atoms with van der Waals surface area (Å²) in [5, 5.41) is 10.3. The molecule has 0 aliphatic carbocycles. The lowest BCUT2D eigenvalue weighted by Crippen LogP contribution is -2.38. The molecule has 19 heavy (non-hydrogen) atoms. The summed E-state index contributed by atoms with van der Waals surface area (Å²) >= 11 is 0. The molecule has 0 aliphatic rings. The maximum atomic E-state index is 12.0. The Bertz CT molecular complexity index is 378. The molecule has 0 fully saturated rings. The highest BCUT2D eigenvalue weighted by Crippen LogP contribution is 2.20. The Morgan fingerprint density at radius 2 is 1.89 bits per heavy atom. The van der Waals surface area contributed by atoms with Gasteiger partial charge in [0.15, 0.2) is 0 Å². The minimum absolute atomic E-state index is 0.107. The second-order valence-electron chi connectivity index (χ2n) is 5.06. The topological polar surface area (TPSA) is 40.5 Å². The van der Waals surface area contributed by atoms with Crippen LogP contribution in [0.15, 0.2) is 30.3 Å². The molecule has 3 nitrogen and oxygen atoms in total. The van der Waals surface area contributed by atoms with Gasteiger partial charge in [-0.1, -0.05) is 50.1 Å². The largest absolute Gasteiger partial charge is 0.386 e. The lowest BCUT2D eigenvalue weighted by molar-refractivity contribution is -0.134. The van der Waals surface area contributed by atoms with E-state index in [4.69, 9.17) is 0 Å². The van der Waals surface area contributed by atoms with E-state index in [2.05, 4.69) is 6.92 Å². The summed E-state index contributed by atoms with van der Waals surface area (Å²) in [7, 11) is 1.77. The first-order chi connectivity index (χ1) is 9.07. The second-order valence-corrected chi connectivity index (χ2v) is 5.06. The predicted molar refractivity (Wildman–Crippen MR) is 77.8 cm³/mol. The zero-order chi connectivity index (χ0) is 14.3. The highest BCUT2D eigenvalue weighted by Gasteiger charge is 2.23. The fourth-order valence-corrected chi connectivity index (χ4v) is 2.07. The Labute approximate surface area is 116 Å². The molecule has 0 aliphatic heterocycles. The van der Waals surface area contributed by atoms with Crippen LogP contribution in [0.4, 0.5) is 0 Å². The first kappa shape index (κ1) is 15.7. The van der Waals surface area contributed by atoms with Gasteiger partial charge in [0.05, 0.1) is 12.1 Å². The molecule has 0 bridgehead atoms. The number of amides is 1. The van der Waals surface area contributed by atoms with Crippen molar-refractivity contribution in [3.8, 4) is 0 Å². The van der Waals surface area contributed by atoms with Gasteiger partial charge in [-0.25, -0.2) is 0 Å². The average molecular weight is 263 g/mol. The summed E-state index contributed by atoms with van der Waals surface area (Å²) in [6, 6.07) is 9.27. The van der Waals surface area contributed by atoms with Crippen LogP contribution in [0.25, 0.3) is 0 Å². The average Bonchev–Trinajstić information content (AvgIpc) is 2.46. The van der Waals surface area contributed by atoms with Crippen LogP contribution in [0.5, 0.6) is 0 Å². The van der Waals surface area contributed by atoms with Crippen molar-refractivity contribution >= 4 is 5.91 Å². The minimum Gasteiger partial charge on any atom is -0.386 e. The molecule has 0 spiro atoms. The van der Waals surface area contributed by atoms with Crippen molar-refractivity contribution in [2.75, 3.05) is 7.05 Å². The number of carbonyl (C=O) groups is 1. The fourth-order valence-electron chi connectivity index (χ4n) is 2.07. The van der Waals surface area contributed by atoms with Crippen molar-refractivity contribution in [2.45, 2.75) is 51.7 Å². The number of unbranched alkanes of at least 4 members (excludes halogenated alkanes) is 2. The van der Waals surface area contributed by atoms with Gasteiger partial charge in [0.2, 0.25) is 5.91 Å². The van der Waals surface area contributed by atoms with Crippen molar-refractivity contribution in [2.24, 2.45) is 0 Å². The standard InChI is InChI=1S/C16H25NO2/c1-4-5-7-12-15(18)17(3)13(2)16(19)14-10-8-6-9-11-14/h6,8-11,13,16,19H,4-5,7,12H2,1-3H3. The van der Waals surface area contributed by atoms with Crippen LogP contribution >= 0.6 is 0 Å². The molecular weight excluding hydrogens is 238 g/mol. The van der Waals surface area contributed by atoms with Gasteiger partial charge in [-0.3, -0.25) is 4.79 Å². The first-order valence-electron chi connectivity index (χ1n) is 7.06. The molecule has 0 aromatic heterocycles. The molecular formula is C16H25NO2. The monoisotopic (exact) mass is 263 g/mol. The number of likely N-dealkylation sites (N-methyl/N-ethyl adjacent to an activating group) is 1. The Kier molecular flexibility index (Phi) is 6.57. The van der Waals surface area contributed by atoms with E-state index in [-0.39, 0.29) is 11.9 Å². The minimum atomic E-state index is -0.638. The third-order valence-electron chi connectivity index (χ3n) is 3.60. The number of carbonyl (C=O) groups excluding carboxylic acids is 1. The predicted octanol–water partition coefficient (Wildman–Crippen LogP) is 3.15. The normalized spacial score (nSPS) is 13.9. The maximum absolute atomic E-state index is 12.0. The summed E-state index contributed by atoms with van der Waals surface area (Å²) < 4.78 is 0. The van der Waals surface area contributed by atoms with E-state index < -0.39 is 6.10 Å². The van der Waals surface area contributed by atoms with Gasteiger partial charge in [0.1, 0.15) is 0 Å². The Morgan fingerprint density at radius 1 is 1.26 bits per heavy atom. The van der Waals surface area contributed by atoms with Crippen molar-refractivity contribution in [1.82, 2.24) is 4.90 Å². The molecule has 1 aromatic rings. The quantitative estimate of drug-likeness (QED) is 0.768. The molecule has 0 saturated heterocycles. The number of rotatable bonds is 7. The van der Waals surface area contributed by atoms with Crippen LogP contribution in [-0.4, -0.2) is 29.0 Å². The van der Waals surface area contributed by atoms with E-state index in [1.807, 2.05) is 37.3 Å². The molecule has 2 atom stereocenters. The number of nitrogens with zero attached hydrogens (tertiary/aromatic N) is 1. The van der Waals surface area contributed by atoms with Gasteiger partial charge in [-0.2, -0.15) is 0 Å². The zero-order valence-electron chi connectivity index (χ0n) is 12.2. The van der Waals surface area contributed by atoms with Gasteiger partial charge in [0.25, 0.3) is 0 Å². The van der Waals surface area contributed by atoms with Crippen molar-refractivity contribution in [3.05, 3.63) is 35.9 Å². The molecule has 1 aromatic carbocycles.